The van der Waals surface area contributed by atoms with Crippen LogP contribution < -0.4 is 0 Å². The van der Waals surface area contributed by atoms with E-state index in [4.69, 9.17) is 4.74 Å². The van der Waals surface area contributed by atoms with Gasteiger partial charge in [-0.1, -0.05) is 12.2 Å². The molecule has 2 unspecified atom stereocenters. The summed E-state index contributed by atoms with van der Waals surface area (Å²) < 4.78 is 5.29. The van der Waals surface area contributed by atoms with Gasteiger partial charge >= 0.3 is 0 Å². The second-order valence-electron chi connectivity index (χ2n) is 3.31. The highest BCUT2D eigenvalue weighted by Gasteiger charge is 2.53. The van der Waals surface area contributed by atoms with Crippen LogP contribution in [0.3, 0.4) is 0 Å². The summed E-state index contributed by atoms with van der Waals surface area (Å²) in [6, 6.07) is 0. The molecular formula is C9H10O. The van der Waals surface area contributed by atoms with Crippen molar-refractivity contribution in [3.63, 3.8) is 0 Å². The van der Waals surface area contributed by atoms with Crippen molar-refractivity contribution < 1.29 is 4.74 Å². The molecule has 2 atom stereocenters. The van der Waals surface area contributed by atoms with Crippen molar-refractivity contribution in [3.05, 3.63) is 23.3 Å². The lowest BCUT2D eigenvalue weighted by atomic mass is 9.85. The number of hydrogen-bond acceptors (Lipinski definition) is 1. The first kappa shape index (κ1) is 5.14. The van der Waals surface area contributed by atoms with Crippen LogP contribution in [0, 0.1) is 11.8 Å². The van der Waals surface area contributed by atoms with Gasteiger partial charge in [-0.3, -0.25) is 0 Å². The molecule has 0 amide bonds. The first-order valence-electron chi connectivity index (χ1n) is 3.95. The average Bonchev–Trinajstić information content (AvgIpc) is 2.59. The summed E-state index contributed by atoms with van der Waals surface area (Å²) in [6.07, 6.45) is 5.94. The molecule has 0 aromatic heterocycles. The number of hydrogen-bond donors (Lipinski definition) is 0. The summed E-state index contributed by atoms with van der Waals surface area (Å²) in [5, 5.41) is 0. The summed E-state index contributed by atoms with van der Waals surface area (Å²) in [5.74, 6) is 1.90. The summed E-state index contributed by atoms with van der Waals surface area (Å²) in [6.45, 7) is 1.66. The van der Waals surface area contributed by atoms with Gasteiger partial charge in [0, 0.05) is 0 Å². The molecule has 0 N–H and O–H groups in total. The van der Waals surface area contributed by atoms with Gasteiger partial charge in [-0.2, -0.15) is 0 Å². The van der Waals surface area contributed by atoms with Crippen LogP contribution in [0.2, 0.25) is 0 Å². The molecule has 10 heavy (non-hydrogen) atoms. The maximum Gasteiger partial charge on any atom is 0.0657 e. The second kappa shape index (κ2) is 1.54. The first-order chi connectivity index (χ1) is 4.97. The zero-order valence-electron chi connectivity index (χ0n) is 5.84. The lowest BCUT2D eigenvalue weighted by Gasteiger charge is -2.19. The Bertz CT molecular complexity index is 213. The molecule has 2 saturated carbocycles. The zero-order valence-corrected chi connectivity index (χ0v) is 5.84. The Balaban J connectivity index is 2.02. The minimum atomic E-state index is 0.832. The van der Waals surface area contributed by atoms with E-state index in [2.05, 4.69) is 12.2 Å². The largest absolute Gasteiger partial charge is 0.373 e. The minimum Gasteiger partial charge on any atom is -0.373 e. The normalized spacial score (nSPS) is 41.6. The third kappa shape index (κ3) is 0.477. The molecular weight excluding hydrogens is 124 g/mol. The van der Waals surface area contributed by atoms with Crippen LogP contribution in [0.1, 0.15) is 6.42 Å². The minimum absolute atomic E-state index is 0.832. The number of rotatable bonds is 0. The highest BCUT2D eigenvalue weighted by molar-refractivity contribution is 5.53. The Morgan fingerprint density at radius 2 is 1.70 bits per heavy atom. The summed E-state index contributed by atoms with van der Waals surface area (Å²) in [7, 11) is 0. The first-order valence-corrected chi connectivity index (χ1v) is 3.95. The Morgan fingerprint density at radius 1 is 1.10 bits per heavy atom. The van der Waals surface area contributed by atoms with Gasteiger partial charge in [0.2, 0.25) is 0 Å². The molecule has 1 heterocycles. The SMILES string of the molecule is C1=C2C(=CCOC1)C1CC21. The molecule has 1 nitrogen and oxygen atoms in total. The smallest absolute Gasteiger partial charge is 0.0657 e. The van der Waals surface area contributed by atoms with Gasteiger partial charge < -0.3 is 4.74 Å². The molecule has 3 rings (SSSR count). The third-order valence-electron chi connectivity index (χ3n) is 2.76. The predicted molar refractivity (Wildman–Crippen MR) is 38.6 cm³/mol. The Kier molecular flexibility index (Phi) is 0.789. The standard InChI is InChI=1S/C9H10O/c1-3-10-4-2-7-6(1)8-5-9(7)8/h1-2,8-9H,3-5H2. The van der Waals surface area contributed by atoms with E-state index in [0.29, 0.717) is 0 Å². The Morgan fingerprint density at radius 3 is 2.30 bits per heavy atom. The van der Waals surface area contributed by atoms with E-state index in [0.717, 1.165) is 25.0 Å². The van der Waals surface area contributed by atoms with E-state index in [1.165, 1.54) is 6.42 Å². The van der Waals surface area contributed by atoms with Crippen molar-refractivity contribution in [2.24, 2.45) is 11.8 Å². The highest BCUT2D eigenvalue weighted by Crippen LogP contribution is 2.63. The highest BCUT2D eigenvalue weighted by atomic mass is 16.5. The third-order valence-corrected chi connectivity index (χ3v) is 2.76. The molecule has 2 aliphatic carbocycles. The van der Waals surface area contributed by atoms with E-state index in [9.17, 15) is 0 Å². The number of fused-ring (bicyclic) bond motifs is 4. The van der Waals surface area contributed by atoms with Crippen LogP contribution in [-0.2, 0) is 4.74 Å². The maximum absolute atomic E-state index is 5.29. The lowest BCUT2D eigenvalue weighted by Crippen LogP contribution is -2.07. The van der Waals surface area contributed by atoms with E-state index in [1.54, 1.807) is 11.1 Å². The van der Waals surface area contributed by atoms with Gasteiger partial charge in [-0.15, -0.1) is 0 Å². The number of allylic oxidation sites excluding steroid dienone is 2. The van der Waals surface area contributed by atoms with E-state index < -0.39 is 0 Å². The molecule has 0 saturated heterocycles. The summed E-state index contributed by atoms with van der Waals surface area (Å²) in [4.78, 5) is 0. The van der Waals surface area contributed by atoms with E-state index in [1.807, 2.05) is 0 Å². The predicted octanol–water partition coefficient (Wildman–Crippen LogP) is 1.52. The van der Waals surface area contributed by atoms with E-state index in [-0.39, 0.29) is 0 Å². The lowest BCUT2D eigenvalue weighted by molar-refractivity contribution is 0.195. The fourth-order valence-electron chi connectivity index (χ4n) is 2.12. The molecule has 0 aromatic carbocycles. The van der Waals surface area contributed by atoms with Crippen LogP contribution in [0.5, 0.6) is 0 Å². The van der Waals surface area contributed by atoms with Gasteiger partial charge in [0.15, 0.2) is 0 Å². The van der Waals surface area contributed by atoms with E-state index >= 15 is 0 Å². The van der Waals surface area contributed by atoms with Gasteiger partial charge in [-0.25, -0.2) is 0 Å². The Labute approximate surface area is 60.4 Å². The molecule has 2 fully saturated rings. The molecule has 0 radical (unpaired) electrons. The number of ether oxygens (including phenoxy) is 1. The molecule has 3 aliphatic rings. The van der Waals surface area contributed by atoms with Crippen molar-refractivity contribution in [2.75, 3.05) is 13.2 Å². The van der Waals surface area contributed by atoms with Gasteiger partial charge in [0.05, 0.1) is 13.2 Å². The van der Waals surface area contributed by atoms with Crippen LogP contribution in [0.4, 0.5) is 0 Å². The quantitative estimate of drug-likeness (QED) is 0.488. The monoisotopic (exact) mass is 134 g/mol. The van der Waals surface area contributed by atoms with Gasteiger partial charge in [0.25, 0.3) is 0 Å². The fourth-order valence-corrected chi connectivity index (χ4v) is 2.12. The van der Waals surface area contributed by atoms with Crippen LogP contribution in [0.25, 0.3) is 0 Å². The average molecular weight is 134 g/mol. The van der Waals surface area contributed by atoms with Crippen LogP contribution in [0.15, 0.2) is 23.3 Å². The molecule has 1 heteroatoms. The van der Waals surface area contributed by atoms with Crippen molar-refractivity contribution >= 4 is 0 Å². The van der Waals surface area contributed by atoms with Crippen LogP contribution in [-0.4, -0.2) is 13.2 Å². The molecule has 52 valence electrons. The topological polar surface area (TPSA) is 9.23 Å². The fraction of sp³-hybridized carbons (Fsp3) is 0.556. The second-order valence-corrected chi connectivity index (χ2v) is 3.31. The van der Waals surface area contributed by atoms with Crippen molar-refractivity contribution in [1.29, 1.82) is 0 Å². The summed E-state index contributed by atoms with van der Waals surface area (Å²) >= 11 is 0. The van der Waals surface area contributed by atoms with Crippen molar-refractivity contribution in [2.45, 2.75) is 6.42 Å². The van der Waals surface area contributed by atoms with Gasteiger partial charge in [-0.05, 0) is 29.4 Å². The van der Waals surface area contributed by atoms with Crippen LogP contribution >= 0.6 is 0 Å². The van der Waals surface area contributed by atoms with Gasteiger partial charge in [0.1, 0.15) is 0 Å². The summed E-state index contributed by atoms with van der Waals surface area (Å²) in [5.41, 5.74) is 3.20. The molecule has 0 spiro atoms. The van der Waals surface area contributed by atoms with Crippen molar-refractivity contribution in [3.8, 4) is 0 Å². The van der Waals surface area contributed by atoms with Crippen molar-refractivity contribution in [1.82, 2.24) is 0 Å². The zero-order chi connectivity index (χ0) is 6.55. The Hall–Kier alpha value is -0.560. The molecule has 1 aliphatic heterocycles. The maximum atomic E-state index is 5.29. The molecule has 0 aromatic rings. The molecule has 0 bridgehead atoms.